The minimum Gasteiger partial charge on any atom is -0.482 e. The topological polar surface area (TPSA) is 65.7 Å². The van der Waals surface area contributed by atoms with Crippen molar-refractivity contribution in [2.45, 2.75) is 19.1 Å². The lowest BCUT2D eigenvalue weighted by atomic mass is 10.2. The minimum atomic E-state index is -0.166. The number of nitrogens with zero attached hydrogens (tertiary/aromatic N) is 3. The molecule has 0 aliphatic carbocycles. The van der Waals surface area contributed by atoms with Crippen LogP contribution in [0.15, 0.2) is 53.5 Å². The highest BCUT2D eigenvalue weighted by Crippen LogP contribution is 2.28. The maximum absolute atomic E-state index is 12.7. The van der Waals surface area contributed by atoms with Crippen molar-refractivity contribution in [3.05, 3.63) is 59.7 Å². The summed E-state index contributed by atoms with van der Waals surface area (Å²) in [5.41, 5.74) is 2.37. The molecule has 6 heteroatoms. The number of nitriles is 1. The molecule has 1 fully saturated rings. The van der Waals surface area contributed by atoms with E-state index in [2.05, 4.69) is 18.0 Å². The Morgan fingerprint density at radius 2 is 2.15 bits per heavy atom. The molecule has 0 unspecified atom stereocenters. The fourth-order valence-electron chi connectivity index (χ4n) is 2.62. The number of amidine groups is 1. The van der Waals surface area contributed by atoms with Crippen molar-refractivity contribution >= 4 is 28.5 Å². The third-order valence-corrected chi connectivity index (χ3v) is 4.94. The molecule has 2 aromatic rings. The van der Waals surface area contributed by atoms with Gasteiger partial charge < -0.3 is 4.74 Å². The number of carbonyl (C=O) groups excluding carboxylic acids is 1. The molecule has 1 atom stereocenters. The van der Waals surface area contributed by atoms with Gasteiger partial charge in [0.15, 0.2) is 11.8 Å². The first-order valence-corrected chi connectivity index (χ1v) is 9.19. The van der Waals surface area contributed by atoms with Crippen LogP contribution in [0.4, 0.5) is 5.69 Å². The Balaban J connectivity index is 1.74. The number of aryl methyl sites for hydroxylation is 1. The van der Waals surface area contributed by atoms with Gasteiger partial charge in [-0.3, -0.25) is 9.69 Å². The summed E-state index contributed by atoms with van der Waals surface area (Å²) in [6.45, 7) is 4.54. The van der Waals surface area contributed by atoms with Gasteiger partial charge in [-0.2, -0.15) is 5.26 Å². The standard InChI is InChI=1S/C20H19N3O2S/c1-14-6-5-8-17(10-14)22-20-23(12-15(2)26-20)19(24)13-25-18-9-4-3-7-16(18)11-21/h3-10,15H,12-13H2,1-2H3/t15-/m0/s1. The lowest BCUT2D eigenvalue weighted by Gasteiger charge is -2.17. The number of benzene rings is 2. The third kappa shape index (κ3) is 4.24. The number of thioether (sulfide) groups is 1. The van der Waals surface area contributed by atoms with E-state index in [1.807, 2.05) is 31.2 Å². The van der Waals surface area contributed by atoms with Gasteiger partial charge in [0.25, 0.3) is 5.91 Å². The van der Waals surface area contributed by atoms with E-state index < -0.39 is 0 Å². The van der Waals surface area contributed by atoms with Crippen LogP contribution in [0.2, 0.25) is 0 Å². The highest BCUT2D eigenvalue weighted by molar-refractivity contribution is 8.14. The highest BCUT2D eigenvalue weighted by Gasteiger charge is 2.31. The molecular weight excluding hydrogens is 346 g/mol. The van der Waals surface area contributed by atoms with Crippen LogP contribution in [0.3, 0.4) is 0 Å². The molecule has 5 nitrogen and oxygen atoms in total. The van der Waals surface area contributed by atoms with Crippen molar-refractivity contribution < 1.29 is 9.53 Å². The summed E-state index contributed by atoms with van der Waals surface area (Å²) in [6.07, 6.45) is 0. The first kappa shape index (κ1) is 18.0. The zero-order chi connectivity index (χ0) is 18.5. The molecule has 1 saturated heterocycles. The van der Waals surface area contributed by atoms with E-state index in [0.29, 0.717) is 23.0 Å². The molecule has 0 saturated carbocycles. The number of aliphatic imine (C=N–C) groups is 1. The Labute approximate surface area is 157 Å². The lowest BCUT2D eigenvalue weighted by molar-refractivity contribution is -0.129. The molecule has 26 heavy (non-hydrogen) atoms. The fourth-order valence-corrected chi connectivity index (χ4v) is 3.67. The zero-order valence-corrected chi connectivity index (χ0v) is 15.5. The van der Waals surface area contributed by atoms with E-state index in [1.165, 1.54) is 0 Å². The molecule has 0 spiro atoms. The number of carbonyl (C=O) groups is 1. The molecule has 2 aromatic carbocycles. The molecule has 132 valence electrons. The van der Waals surface area contributed by atoms with Gasteiger partial charge in [-0.25, -0.2) is 4.99 Å². The quantitative estimate of drug-likeness (QED) is 0.824. The second-order valence-electron chi connectivity index (χ2n) is 6.06. The number of rotatable bonds is 4. The fraction of sp³-hybridized carbons (Fsp3) is 0.250. The number of hydrogen-bond donors (Lipinski definition) is 0. The Morgan fingerprint density at radius 1 is 1.35 bits per heavy atom. The number of para-hydroxylation sites is 1. The van der Waals surface area contributed by atoms with Crippen LogP contribution >= 0.6 is 11.8 Å². The highest BCUT2D eigenvalue weighted by atomic mass is 32.2. The van der Waals surface area contributed by atoms with Crippen molar-refractivity contribution in [3.8, 4) is 11.8 Å². The SMILES string of the molecule is Cc1cccc(N=C2S[C@@H](C)CN2C(=O)COc2ccccc2C#N)c1. The Morgan fingerprint density at radius 3 is 2.92 bits per heavy atom. The summed E-state index contributed by atoms with van der Waals surface area (Å²) in [4.78, 5) is 19.0. The monoisotopic (exact) mass is 365 g/mol. The third-order valence-electron chi connectivity index (χ3n) is 3.86. The molecule has 0 radical (unpaired) electrons. The predicted molar refractivity (Wildman–Crippen MR) is 104 cm³/mol. The lowest BCUT2D eigenvalue weighted by Crippen LogP contribution is -2.36. The molecule has 3 rings (SSSR count). The smallest absolute Gasteiger partial charge is 0.266 e. The van der Waals surface area contributed by atoms with E-state index in [1.54, 1.807) is 40.9 Å². The number of hydrogen-bond acceptors (Lipinski definition) is 5. The van der Waals surface area contributed by atoms with Crippen LogP contribution in [0.25, 0.3) is 0 Å². The second kappa shape index (κ2) is 8.07. The van der Waals surface area contributed by atoms with E-state index in [0.717, 1.165) is 11.3 Å². The molecule has 1 heterocycles. The van der Waals surface area contributed by atoms with E-state index >= 15 is 0 Å². The van der Waals surface area contributed by atoms with Gasteiger partial charge in [0.05, 0.1) is 11.3 Å². The number of amides is 1. The molecule has 1 amide bonds. The van der Waals surface area contributed by atoms with Crippen LogP contribution in [0, 0.1) is 18.3 Å². The normalized spacial score (nSPS) is 18.0. The van der Waals surface area contributed by atoms with Gasteiger partial charge in [0.2, 0.25) is 0 Å². The first-order chi connectivity index (χ1) is 12.6. The van der Waals surface area contributed by atoms with Gasteiger partial charge in [-0.1, -0.05) is 43.0 Å². The minimum absolute atomic E-state index is 0.126. The van der Waals surface area contributed by atoms with Crippen molar-refractivity contribution in [1.82, 2.24) is 4.90 Å². The molecular formula is C20H19N3O2S. The van der Waals surface area contributed by atoms with Crippen LogP contribution < -0.4 is 4.74 Å². The maximum Gasteiger partial charge on any atom is 0.266 e. The summed E-state index contributed by atoms with van der Waals surface area (Å²) < 4.78 is 5.58. The molecule has 1 aliphatic heterocycles. The number of ether oxygens (including phenoxy) is 1. The van der Waals surface area contributed by atoms with E-state index in [9.17, 15) is 4.79 Å². The predicted octanol–water partition coefficient (Wildman–Crippen LogP) is 3.90. The Bertz CT molecular complexity index is 889. The van der Waals surface area contributed by atoms with Crippen LogP contribution in [-0.2, 0) is 4.79 Å². The van der Waals surface area contributed by atoms with Gasteiger partial charge in [-0.15, -0.1) is 0 Å². The Hall–Kier alpha value is -2.78. The molecule has 0 bridgehead atoms. The average molecular weight is 365 g/mol. The van der Waals surface area contributed by atoms with Crippen molar-refractivity contribution in [1.29, 1.82) is 5.26 Å². The van der Waals surface area contributed by atoms with E-state index in [4.69, 9.17) is 10.00 Å². The van der Waals surface area contributed by atoms with Crippen LogP contribution in [0.1, 0.15) is 18.1 Å². The maximum atomic E-state index is 12.7. The Kier molecular flexibility index (Phi) is 5.59. The summed E-state index contributed by atoms with van der Waals surface area (Å²) in [5.74, 6) is 0.251. The van der Waals surface area contributed by atoms with Gasteiger partial charge in [-0.05, 0) is 36.8 Å². The largest absolute Gasteiger partial charge is 0.482 e. The van der Waals surface area contributed by atoms with Gasteiger partial charge in [0, 0.05) is 11.8 Å². The average Bonchev–Trinajstić information content (AvgIpc) is 3.00. The molecule has 1 aliphatic rings. The first-order valence-electron chi connectivity index (χ1n) is 8.31. The van der Waals surface area contributed by atoms with Gasteiger partial charge >= 0.3 is 0 Å². The zero-order valence-electron chi connectivity index (χ0n) is 14.7. The summed E-state index contributed by atoms with van der Waals surface area (Å²) in [7, 11) is 0. The van der Waals surface area contributed by atoms with Crippen LogP contribution in [0.5, 0.6) is 5.75 Å². The summed E-state index contributed by atoms with van der Waals surface area (Å²) in [6, 6.07) is 16.8. The van der Waals surface area contributed by atoms with Crippen molar-refractivity contribution in [2.75, 3.05) is 13.2 Å². The summed E-state index contributed by atoms with van der Waals surface area (Å²) in [5, 5.41) is 10.1. The van der Waals surface area contributed by atoms with Crippen molar-refractivity contribution in [3.63, 3.8) is 0 Å². The van der Waals surface area contributed by atoms with Crippen molar-refractivity contribution in [2.24, 2.45) is 4.99 Å². The second-order valence-corrected chi connectivity index (χ2v) is 7.47. The molecule has 0 N–H and O–H groups in total. The van der Waals surface area contributed by atoms with E-state index in [-0.39, 0.29) is 17.8 Å². The molecule has 0 aromatic heterocycles. The van der Waals surface area contributed by atoms with Crippen LogP contribution in [-0.4, -0.2) is 34.4 Å². The summed E-state index contributed by atoms with van der Waals surface area (Å²) >= 11 is 1.58. The van der Waals surface area contributed by atoms with Gasteiger partial charge in [0.1, 0.15) is 11.8 Å².